The lowest BCUT2D eigenvalue weighted by atomic mass is 10.0. The van der Waals surface area contributed by atoms with Gasteiger partial charge in [0, 0.05) is 30.5 Å². The summed E-state index contributed by atoms with van der Waals surface area (Å²) in [6.07, 6.45) is 1.48. The van der Waals surface area contributed by atoms with E-state index in [-0.39, 0.29) is 17.5 Å². The monoisotopic (exact) mass is 354 g/mol. The lowest BCUT2D eigenvalue weighted by Gasteiger charge is -2.14. The standard InChI is InChI=1S/C20H26N4O2/c1-14(2)16-7-5-6-8-17(16)23-19(25)15-9-10-21-18(13-15)20(26)22-11-12-24(3)4/h5-10,13-14H,11-12H2,1-4H3,(H,22,26)(H,23,25). The summed E-state index contributed by atoms with van der Waals surface area (Å²) in [7, 11) is 3.87. The van der Waals surface area contributed by atoms with Crippen LogP contribution in [0, 0.1) is 0 Å². The van der Waals surface area contributed by atoms with E-state index in [9.17, 15) is 9.59 Å². The normalized spacial score (nSPS) is 10.8. The first-order valence-corrected chi connectivity index (χ1v) is 8.67. The number of hydrogen-bond acceptors (Lipinski definition) is 4. The number of carbonyl (C=O) groups excluding carboxylic acids is 2. The molecule has 0 atom stereocenters. The molecule has 0 spiro atoms. The van der Waals surface area contributed by atoms with Gasteiger partial charge < -0.3 is 15.5 Å². The highest BCUT2D eigenvalue weighted by atomic mass is 16.2. The molecule has 0 saturated heterocycles. The van der Waals surface area contributed by atoms with Gasteiger partial charge in [-0.25, -0.2) is 0 Å². The summed E-state index contributed by atoms with van der Waals surface area (Å²) in [5, 5.41) is 5.72. The first kappa shape index (κ1) is 19.6. The molecule has 26 heavy (non-hydrogen) atoms. The van der Waals surface area contributed by atoms with Crippen LogP contribution in [-0.4, -0.2) is 48.9 Å². The summed E-state index contributed by atoms with van der Waals surface area (Å²) in [5.41, 5.74) is 2.47. The van der Waals surface area contributed by atoms with Crippen LogP contribution in [-0.2, 0) is 0 Å². The summed E-state index contributed by atoms with van der Waals surface area (Å²) in [5.74, 6) is -0.256. The fourth-order valence-corrected chi connectivity index (χ4v) is 2.49. The second kappa shape index (κ2) is 9.10. The quantitative estimate of drug-likeness (QED) is 0.802. The summed E-state index contributed by atoms with van der Waals surface area (Å²) in [4.78, 5) is 30.8. The van der Waals surface area contributed by atoms with Crippen LogP contribution in [0.25, 0.3) is 0 Å². The Bertz CT molecular complexity index is 772. The van der Waals surface area contributed by atoms with Crippen LogP contribution in [0.1, 0.15) is 46.2 Å². The Hall–Kier alpha value is -2.73. The van der Waals surface area contributed by atoms with E-state index in [2.05, 4.69) is 29.5 Å². The van der Waals surface area contributed by atoms with Crippen LogP contribution in [0.5, 0.6) is 0 Å². The SMILES string of the molecule is CC(C)c1ccccc1NC(=O)c1ccnc(C(=O)NCCN(C)C)c1. The van der Waals surface area contributed by atoms with Crippen molar-refractivity contribution in [2.45, 2.75) is 19.8 Å². The number of nitrogens with one attached hydrogen (secondary N) is 2. The van der Waals surface area contributed by atoms with Crippen LogP contribution in [0.15, 0.2) is 42.6 Å². The Balaban J connectivity index is 2.10. The van der Waals surface area contributed by atoms with Crippen molar-refractivity contribution in [1.82, 2.24) is 15.2 Å². The number of likely N-dealkylation sites (N-methyl/N-ethyl adjacent to an activating group) is 1. The molecule has 0 aliphatic heterocycles. The number of hydrogen-bond donors (Lipinski definition) is 2. The molecule has 1 aromatic heterocycles. The van der Waals surface area contributed by atoms with Crippen LogP contribution in [0.4, 0.5) is 5.69 Å². The molecule has 0 fully saturated rings. The minimum Gasteiger partial charge on any atom is -0.349 e. The van der Waals surface area contributed by atoms with E-state index in [4.69, 9.17) is 0 Å². The second-order valence-corrected chi connectivity index (χ2v) is 6.69. The van der Waals surface area contributed by atoms with E-state index in [1.807, 2.05) is 43.3 Å². The Morgan fingerprint density at radius 3 is 2.54 bits per heavy atom. The zero-order valence-corrected chi connectivity index (χ0v) is 15.7. The zero-order chi connectivity index (χ0) is 19.1. The van der Waals surface area contributed by atoms with E-state index in [1.54, 1.807) is 6.07 Å². The highest BCUT2D eigenvalue weighted by Gasteiger charge is 2.14. The number of anilines is 1. The molecule has 138 valence electrons. The number of aromatic nitrogens is 1. The van der Waals surface area contributed by atoms with Crippen LogP contribution in [0.3, 0.4) is 0 Å². The Morgan fingerprint density at radius 1 is 1.12 bits per heavy atom. The van der Waals surface area contributed by atoms with Gasteiger partial charge >= 0.3 is 0 Å². The van der Waals surface area contributed by atoms with Gasteiger partial charge in [0.25, 0.3) is 11.8 Å². The first-order valence-electron chi connectivity index (χ1n) is 8.67. The maximum Gasteiger partial charge on any atom is 0.269 e. The van der Waals surface area contributed by atoms with E-state index in [1.165, 1.54) is 12.3 Å². The third kappa shape index (κ3) is 5.39. The molecule has 0 bridgehead atoms. The molecule has 0 saturated carbocycles. The number of nitrogens with zero attached hydrogens (tertiary/aromatic N) is 2. The number of carbonyl (C=O) groups is 2. The average molecular weight is 354 g/mol. The summed E-state index contributed by atoms with van der Waals surface area (Å²) in [6, 6.07) is 10.8. The van der Waals surface area contributed by atoms with Crippen molar-refractivity contribution >= 4 is 17.5 Å². The van der Waals surface area contributed by atoms with E-state index < -0.39 is 0 Å². The molecular weight excluding hydrogens is 328 g/mol. The molecule has 2 rings (SSSR count). The van der Waals surface area contributed by atoms with Crippen molar-refractivity contribution in [2.24, 2.45) is 0 Å². The number of rotatable bonds is 7. The Kier molecular flexibility index (Phi) is 6.86. The topological polar surface area (TPSA) is 74.3 Å². The minimum atomic E-state index is -0.288. The maximum absolute atomic E-state index is 12.6. The molecule has 0 aliphatic carbocycles. The Labute approximate surface area is 154 Å². The molecule has 6 heteroatoms. The molecule has 2 amide bonds. The maximum atomic E-state index is 12.6. The molecule has 2 aromatic rings. The van der Waals surface area contributed by atoms with Gasteiger partial charge in [-0.3, -0.25) is 14.6 Å². The fraction of sp³-hybridized carbons (Fsp3) is 0.350. The summed E-state index contributed by atoms with van der Waals surface area (Å²) >= 11 is 0. The van der Waals surface area contributed by atoms with Gasteiger partial charge in [0.05, 0.1) is 0 Å². The smallest absolute Gasteiger partial charge is 0.269 e. The van der Waals surface area contributed by atoms with Crippen LogP contribution < -0.4 is 10.6 Å². The fourth-order valence-electron chi connectivity index (χ4n) is 2.49. The van der Waals surface area contributed by atoms with Gasteiger partial charge in [-0.05, 0) is 43.8 Å². The second-order valence-electron chi connectivity index (χ2n) is 6.69. The van der Waals surface area contributed by atoms with Gasteiger partial charge in [-0.1, -0.05) is 32.0 Å². The highest BCUT2D eigenvalue weighted by Crippen LogP contribution is 2.24. The van der Waals surface area contributed by atoms with Crippen molar-refractivity contribution in [2.75, 3.05) is 32.5 Å². The molecule has 0 radical (unpaired) electrons. The van der Waals surface area contributed by atoms with Crippen molar-refractivity contribution in [3.8, 4) is 0 Å². The molecule has 2 N–H and O–H groups in total. The van der Waals surface area contributed by atoms with Crippen molar-refractivity contribution in [3.05, 3.63) is 59.4 Å². The lowest BCUT2D eigenvalue weighted by molar-refractivity contribution is 0.0946. The third-order valence-corrected chi connectivity index (χ3v) is 3.93. The molecule has 1 aromatic carbocycles. The molecule has 0 unspecified atom stereocenters. The first-order chi connectivity index (χ1) is 12.4. The van der Waals surface area contributed by atoms with Gasteiger partial charge in [0.15, 0.2) is 0 Å². The van der Waals surface area contributed by atoms with Crippen molar-refractivity contribution in [3.63, 3.8) is 0 Å². The Morgan fingerprint density at radius 2 is 1.85 bits per heavy atom. The number of benzene rings is 1. The predicted molar refractivity (Wildman–Crippen MR) is 104 cm³/mol. The number of para-hydroxylation sites is 1. The van der Waals surface area contributed by atoms with Gasteiger partial charge in [0.1, 0.15) is 5.69 Å². The van der Waals surface area contributed by atoms with E-state index >= 15 is 0 Å². The van der Waals surface area contributed by atoms with Crippen molar-refractivity contribution < 1.29 is 9.59 Å². The van der Waals surface area contributed by atoms with Crippen LogP contribution in [0.2, 0.25) is 0 Å². The summed E-state index contributed by atoms with van der Waals surface area (Å²) in [6.45, 7) is 5.41. The summed E-state index contributed by atoms with van der Waals surface area (Å²) < 4.78 is 0. The zero-order valence-electron chi connectivity index (χ0n) is 15.7. The van der Waals surface area contributed by atoms with Gasteiger partial charge in [-0.15, -0.1) is 0 Å². The molecular formula is C20H26N4O2. The molecule has 6 nitrogen and oxygen atoms in total. The van der Waals surface area contributed by atoms with Gasteiger partial charge in [-0.2, -0.15) is 0 Å². The van der Waals surface area contributed by atoms with E-state index in [0.29, 0.717) is 18.0 Å². The predicted octanol–water partition coefficient (Wildman–Crippen LogP) is 2.75. The number of amides is 2. The average Bonchev–Trinajstić information content (AvgIpc) is 2.61. The van der Waals surface area contributed by atoms with Gasteiger partial charge in [0.2, 0.25) is 0 Å². The number of pyridine rings is 1. The van der Waals surface area contributed by atoms with Crippen LogP contribution >= 0.6 is 0 Å². The van der Waals surface area contributed by atoms with E-state index in [0.717, 1.165) is 17.8 Å². The lowest BCUT2D eigenvalue weighted by Crippen LogP contribution is -2.32. The minimum absolute atomic E-state index is 0.230. The molecule has 1 heterocycles. The van der Waals surface area contributed by atoms with Crippen molar-refractivity contribution in [1.29, 1.82) is 0 Å². The third-order valence-electron chi connectivity index (χ3n) is 3.93. The molecule has 0 aliphatic rings. The largest absolute Gasteiger partial charge is 0.349 e. The highest BCUT2D eigenvalue weighted by molar-refractivity contribution is 6.06.